The third kappa shape index (κ3) is 3.65. The van der Waals surface area contributed by atoms with Crippen molar-refractivity contribution in [2.75, 3.05) is 27.2 Å². The summed E-state index contributed by atoms with van der Waals surface area (Å²) in [6, 6.07) is 1.92. The van der Waals surface area contributed by atoms with Crippen molar-refractivity contribution < 1.29 is 17.7 Å². The quantitative estimate of drug-likeness (QED) is 0.794. The van der Waals surface area contributed by atoms with E-state index in [0.717, 1.165) is 22.8 Å². The van der Waals surface area contributed by atoms with Crippen molar-refractivity contribution in [2.45, 2.75) is 50.9 Å². The molecule has 0 bridgehead atoms. The summed E-state index contributed by atoms with van der Waals surface area (Å²) >= 11 is 0. The molecule has 9 heteroatoms. The summed E-state index contributed by atoms with van der Waals surface area (Å²) in [4.78, 5) is 12.2. The van der Waals surface area contributed by atoms with Crippen LogP contribution in [-0.2, 0) is 21.4 Å². The standard InChI is InChI=1S/C17H28N4O4S/c1-20(2)26(23,24)21-9-8-17(12-21,16(18)22)11-14-10-15(19-25-14)13-6-4-3-5-7-13/h10,13H,3-9,11-12H2,1-2H3,(H2,18,22)/t17-/m0/s1. The first-order valence-electron chi connectivity index (χ1n) is 9.18. The van der Waals surface area contributed by atoms with Crippen molar-refractivity contribution >= 4 is 16.1 Å². The van der Waals surface area contributed by atoms with Gasteiger partial charge in [-0.05, 0) is 19.3 Å². The molecule has 1 aliphatic carbocycles. The van der Waals surface area contributed by atoms with Gasteiger partial charge >= 0.3 is 0 Å². The van der Waals surface area contributed by atoms with Crippen LogP contribution in [0.3, 0.4) is 0 Å². The number of carbonyl (C=O) groups is 1. The van der Waals surface area contributed by atoms with E-state index >= 15 is 0 Å². The van der Waals surface area contributed by atoms with Crippen molar-refractivity contribution in [1.82, 2.24) is 13.8 Å². The Morgan fingerprint density at radius 3 is 2.69 bits per heavy atom. The molecule has 1 saturated carbocycles. The maximum atomic E-state index is 12.4. The van der Waals surface area contributed by atoms with E-state index in [0.29, 0.717) is 18.1 Å². The lowest BCUT2D eigenvalue weighted by Crippen LogP contribution is -2.44. The zero-order valence-corrected chi connectivity index (χ0v) is 16.3. The third-order valence-corrected chi connectivity index (χ3v) is 7.63. The van der Waals surface area contributed by atoms with E-state index in [1.54, 1.807) is 0 Å². The van der Waals surface area contributed by atoms with Gasteiger partial charge in [0.2, 0.25) is 5.91 Å². The van der Waals surface area contributed by atoms with E-state index in [1.165, 1.54) is 37.7 Å². The Bertz CT molecular complexity index is 755. The number of hydrogen-bond acceptors (Lipinski definition) is 5. The predicted octanol–water partition coefficient (Wildman–Crippen LogP) is 1.25. The molecular weight excluding hydrogens is 356 g/mol. The first-order valence-corrected chi connectivity index (χ1v) is 10.6. The van der Waals surface area contributed by atoms with E-state index in [4.69, 9.17) is 10.3 Å². The molecule has 2 aliphatic rings. The maximum absolute atomic E-state index is 12.4. The fraction of sp³-hybridized carbons (Fsp3) is 0.765. The number of aromatic nitrogens is 1. The molecule has 0 radical (unpaired) electrons. The lowest BCUT2D eigenvalue weighted by atomic mass is 9.81. The zero-order valence-electron chi connectivity index (χ0n) is 15.5. The Hall–Kier alpha value is -1.45. The molecule has 26 heavy (non-hydrogen) atoms. The first-order chi connectivity index (χ1) is 12.2. The lowest BCUT2D eigenvalue weighted by Gasteiger charge is -2.26. The zero-order chi connectivity index (χ0) is 18.9. The second-order valence-electron chi connectivity index (χ2n) is 7.75. The third-order valence-electron chi connectivity index (χ3n) is 5.74. The van der Waals surface area contributed by atoms with Crippen molar-refractivity contribution in [3.8, 4) is 0 Å². The molecule has 1 amide bonds. The second-order valence-corrected chi connectivity index (χ2v) is 9.89. The molecule has 2 fully saturated rings. The average Bonchev–Trinajstić information content (AvgIpc) is 3.24. The first kappa shape index (κ1) is 19.3. The van der Waals surface area contributed by atoms with Crippen LogP contribution in [0.5, 0.6) is 0 Å². The van der Waals surface area contributed by atoms with Crippen molar-refractivity contribution in [1.29, 1.82) is 0 Å². The smallest absolute Gasteiger partial charge is 0.281 e. The Morgan fingerprint density at radius 1 is 1.38 bits per heavy atom. The molecule has 0 spiro atoms. The van der Waals surface area contributed by atoms with Crippen LogP contribution in [0.1, 0.15) is 55.9 Å². The van der Waals surface area contributed by atoms with Crippen LogP contribution in [-0.4, -0.2) is 55.3 Å². The minimum atomic E-state index is -3.57. The number of hydrogen-bond donors (Lipinski definition) is 1. The Morgan fingerprint density at radius 2 is 2.08 bits per heavy atom. The van der Waals surface area contributed by atoms with Crippen LogP contribution < -0.4 is 5.73 Å². The summed E-state index contributed by atoms with van der Waals surface area (Å²) in [5.41, 5.74) is 5.66. The highest BCUT2D eigenvalue weighted by molar-refractivity contribution is 7.86. The van der Waals surface area contributed by atoms with Gasteiger partial charge < -0.3 is 10.3 Å². The Kier molecular flexibility index (Phi) is 5.41. The van der Waals surface area contributed by atoms with Crippen molar-refractivity contribution in [3.63, 3.8) is 0 Å². The van der Waals surface area contributed by atoms with Gasteiger partial charge in [0.25, 0.3) is 10.2 Å². The van der Waals surface area contributed by atoms with E-state index in [2.05, 4.69) is 5.16 Å². The number of nitrogens with two attached hydrogens (primary N) is 1. The van der Waals surface area contributed by atoms with Gasteiger partial charge in [0.15, 0.2) is 0 Å². The lowest BCUT2D eigenvalue weighted by molar-refractivity contribution is -0.127. The van der Waals surface area contributed by atoms with Crippen LogP contribution in [0.2, 0.25) is 0 Å². The highest BCUT2D eigenvalue weighted by Crippen LogP contribution is 2.37. The highest BCUT2D eigenvalue weighted by Gasteiger charge is 2.48. The number of carbonyl (C=O) groups excluding carboxylic acids is 1. The molecule has 1 saturated heterocycles. The van der Waals surface area contributed by atoms with Crippen LogP contribution in [0.4, 0.5) is 0 Å². The van der Waals surface area contributed by atoms with Gasteiger partial charge in [-0.15, -0.1) is 0 Å². The van der Waals surface area contributed by atoms with Crippen molar-refractivity contribution in [2.24, 2.45) is 11.1 Å². The van der Waals surface area contributed by atoms with E-state index < -0.39 is 21.5 Å². The molecule has 2 N–H and O–H groups in total. The molecule has 1 aromatic heterocycles. The fourth-order valence-electron chi connectivity index (χ4n) is 4.03. The largest absolute Gasteiger partial charge is 0.369 e. The number of primary amides is 1. The topological polar surface area (TPSA) is 110 Å². The molecule has 3 rings (SSSR count). The van der Waals surface area contributed by atoms with E-state index in [-0.39, 0.29) is 19.5 Å². The summed E-state index contributed by atoms with van der Waals surface area (Å²) in [6.45, 7) is 0.343. The van der Waals surface area contributed by atoms with Gasteiger partial charge in [-0.25, -0.2) is 0 Å². The van der Waals surface area contributed by atoms with Gasteiger partial charge in [-0.3, -0.25) is 4.79 Å². The normalized spacial score (nSPS) is 25.8. The molecule has 1 atom stereocenters. The maximum Gasteiger partial charge on any atom is 0.281 e. The van der Waals surface area contributed by atoms with Crippen LogP contribution in [0, 0.1) is 5.41 Å². The van der Waals surface area contributed by atoms with E-state index in [1.807, 2.05) is 6.07 Å². The summed E-state index contributed by atoms with van der Waals surface area (Å²) < 4.78 is 32.7. The highest BCUT2D eigenvalue weighted by atomic mass is 32.2. The number of amides is 1. The second kappa shape index (κ2) is 7.28. The van der Waals surface area contributed by atoms with Crippen LogP contribution in [0.15, 0.2) is 10.6 Å². The molecule has 0 aromatic carbocycles. The number of rotatable bonds is 6. The number of nitrogens with zero attached hydrogens (tertiary/aromatic N) is 3. The molecule has 2 heterocycles. The van der Waals surface area contributed by atoms with Gasteiger partial charge in [0, 0.05) is 45.6 Å². The fourth-order valence-corrected chi connectivity index (χ4v) is 5.23. The minimum absolute atomic E-state index is 0.0717. The molecule has 1 aliphatic heterocycles. The summed E-state index contributed by atoms with van der Waals surface area (Å²) in [5, 5.41) is 4.20. The van der Waals surface area contributed by atoms with Crippen LogP contribution >= 0.6 is 0 Å². The summed E-state index contributed by atoms with van der Waals surface area (Å²) in [6.07, 6.45) is 6.56. The minimum Gasteiger partial charge on any atom is -0.369 e. The van der Waals surface area contributed by atoms with Crippen molar-refractivity contribution in [3.05, 3.63) is 17.5 Å². The molecule has 8 nitrogen and oxygen atoms in total. The van der Waals surface area contributed by atoms with Gasteiger partial charge in [0.1, 0.15) is 5.76 Å². The van der Waals surface area contributed by atoms with E-state index in [9.17, 15) is 13.2 Å². The SMILES string of the molecule is CN(C)S(=O)(=O)N1CC[C@@](Cc2cc(C3CCCCC3)no2)(C(N)=O)C1. The molecule has 146 valence electrons. The Balaban J connectivity index is 1.76. The summed E-state index contributed by atoms with van der Waals surface area (Å²) in [5.74, 6) is 0.526. The Labute approximate surface area is 154 Å². The monoisotopic (exact) mass is 384 g/mol. The average molecular weight is 385 g/mol. The van der Waals surface area contributed by atoms with Gasteiger partial charge in [0.05, 0.1) is 11.1 Å². The molecular formula is C17H28N4O4S. The van der Waals surface area contributed by atoms with Crippen LogP contribution in [0.25, 0.3) is 0 Å². The molecule has 0 unspecified atom stereocenters. The molecule has 1 aromatic rings. The predicted molar refractivity (Wildman–Crippen MR) is 96.5 cm³/mol. The summed E-state index contributed by atoms with van der Waals surface area (Å²) in [7, 11) is -0.615. The van der Waals surface area contributed by atoms with Gasteiger partial charge in [-0.2, -0.15) is 17.0 Å². The van der Waals surface area contributed by atoms with Gasteiger partial charge in [-0.1, -0.05) is 24.4 Å².